The van der Waals surface area contributed by atoms with E-state index in [1.165, 1.54) is 0 Å². The fourth-order valence-electron chi connectivity index (χ4n) is 1.60. The number of nitrogens with zero attached hydrogens (tertiary/aromatic N) is 1. The molecule has 0 unspecified atom stereocenters. The number of methoxy groups -OCH3 is 1. The number of hydrogen-bond donors (Lipinski definition) is 0. The monoisotopic (exact) mass is 287 g/mol. The van der Waals surface area contributed by atoms with Gasteiger partial charge in [0.1, 0.15) is 0 Å². The summed E-state index contributed by atoms with van der Waals surface area (Å²) >= 11 is 9.58. The number of benzene rings is 1. The molecule has 80 valence electrons. The Hall–Kier alpha value is -0.510. The van der Waals surface area contributed by atoms with Crippen molar-refractivity contribution in [3.05, 3.63) is 33.9 Å². The molecule has 0 atom stereocenters. The lowest BCUT2D eigenvalue weighted by atomic mass is 10.2. The van der Waals surface area contributed by atoms with Crippen molar-refractivity contribution in [2.24, 2.45) is 0 Å². The van der Waals surface area contributed by atoms with E-state index >= 15 is 0 Å². The van der Waals surface area contributed by atoms with E-state index < -0.39 is 0 Å². The average Bonchev–Trinajstić information content (AvgIpc) is 2.58. The van der Waals surface area contributed by atoms with Crippen LogP contribution in [0.15, 0.2) is 28.9 Å². The Morgan fingerprint density at radius 1 is 1.47 bits per heavy atom. The van der Waals surface area contributed by atoms with Crippen molar-refractivity contribution in [1.82, 2.24) is 4.57 Å². The minimum atomic E-state index is 0.702. The van der Waals surface area contributed by atoms with Crippen LogP contribution in [-0.2, 0) is 11.3 Å². The van der Waals surface area contributed by atoms with Gasteiger partial charge in [0.25, 0.3) is 0 Å². The third-order valence-corrected chi connectivity index (χ3v) is 3.11. The van der Waals surface area contributed by atoms with Crippen LogP contribution in [0, 0.1) is 0 Å². The van der Waals surface area contributed by atoms with Crippen LogP contribution in [0.4, 0.5) is 0 Å². The molecule has 0 aliphatic heterocycles. The predicted octanol–water partition coefficient (Wildman–Crippen LogP) is 3.70. The number of rotatable bonds is 3. The minimum absolute atomic E-state index is 0.702. The number of ether oxygens (including phenoxy) is 1. The van der Waals surface area contributed by atoms with Gasteiger partial charge in [0.2, 0.25) is 0 Å². The fraction of sp³-hybridized carbons (Fsp3) is 0.273. The van der Waals surface area contributed by atoms with Gasteiger partial charge in [-0.25, -0.2) is 0 Å². The van der Waals surface area contributed by atoms with Gasteiger partial charge in [0, 0.05) is 29.7 Å². The molecule has 0 amide bonds. The Balaban J connectivity index is 2.49. The van der Waals surface area contributed by atoms with E-state index in [-0.39, 0.29) is 0 Å². The van der Waals surface area contributed by atoms with Crippen LogP contribution < -0.4 is 0 Å². The number of aromatic nitrogens is 1. The van der Waals surface area contributed by atoms with Crippen LogP contribution in [0.2, 0.25) is 5.02 Å². The Labute approximate surface area is 102 Å². The van der Waals surface area contributed by atoms with E-state index in [9.17, 15) is 0 Å². The highest BCUT2D eigenvalue weighted by Crippen LogP contribution is 2.28. The summed E-state index contributed by atoms with van der Waals surface area (Å²) in [5, 5.41) is 1.85. The zero-order valence-corrected chi connectivity index (χ0v) is 10.7. The van der Waals surface area contributed by atoms with Gasteiger partial charge in [0.05, 0.1) is 17.1 Å². The van der Waals surface area contributed by atoms with Gasteiger partial charge in [-0.2, -0.15) is 0 Å². The molecule has 0 bridgehead atoms. The van der Waals surface area contributed by atoms with Crippen molar-refractivity contribution in [1.29, 1.82) is 0 Å². The lowest BCUT2D eigenvalue weighted by Gasteiger charge is -2.05. The Bertz CT molecular complexity index is 481. The summed E-state index contributed by atoms with van der Waals surface area (Å²) < 4.78 is 8.19. The van der Waals surface area contributed by atoms with Crippen molar-refractivity contribution >= 4 is 38.4 Å². The van der Waals surface area contributed by atoms with E-state index in [4.69, 9.17) is 16.3 Å². The molecular weight excluding hydrogens is 277 g/mol. The lowest BCUT2D eigenvalue weighted by molar-refractivity contribution is 0.188. The third kappa shape index (κ3) is 2.19. The summed E-state index contributed by atoms with van der Waals surface area (Å²) in [7, 11) is 1.70. The van der Waals surface area contributed by atoms with E-state index in [1.807, 2.05) is 18.3 Å². The predicted molar refractivity (Wildman–Crippen MR) is 66.5 cm³/mol. The maximum Gasteiger partial charge on any atom is 0.0641 e. The van der Waals surface area contributed by atoms with E-state index in [0.29, 0.717) is 6.61 Å². The number of fused-ring (bicyclic) bond motifs is 1. The Morgan fingerprint density at radius 3 is 3.00 bits per heavy atom. The largest absolute Gasteiger partial charge is 0.383 e. The van der Waals surface area contributed by atoms with Crippen LogP contribution in [-0.4, -0.2) is 18.3 Å². The molecule has 2 rings (SSSR count). The molecule has 2 nitrogen and oxygen atoms in total. The fourth-order valence-corrected chi connectivity index (χ4v) is 2.46. The highest BCUT2D eigenvalue weighted by molar-refractivity contribution is 9.10. The van der Waals surface area contributed by atoms with Crippen LogP contribution in [0.3, 0.4) is 0 Å². The van der Waals surface area contributed by atoms with Crippen molar-refractivity contribution in [2.45, 2.75) is 6.54 Å². The minimum Gasteiger partial charge on any atom is -0.383 e. The van der Waals surface area contributed by atoms with Crippen molar-refractivity contribution in [3.63, 3.8) is 0 Å². The van der Waals surface area contributed by atoms with Crippen molar-refractivity contribution in [3.8, 4) is 0 Å². The molecule has 15 heavy (non-hydrogen) atoms. The molecule has 1 aromatic carbocycles. The van der Waals surface area contributed by atoms with Gasteiger partial charge in [0.15, 0.2) is 0 Å². The van der Waals surface area contributed by atoms with Gasteiger partial charge in [-0.15, -0.1) is 0 Å². The van der Waals surface area contributed by atoms with Gasteiger partial charge >= 0.3 is 0 Å². The molecular formula is C11H11BrClNO. The van der Waals surface area contributed by atoms with Gasteiger partial charge in [-0.1, -0.05) is 27.5 Å². The third-order valence-electron chi connectivity index (χ3n) is 2.34. The zero-order chi connectivity index (χ0) is 10.8. The Morgan fingerprint density at radius 2 is 2.27 bits per heavy atom. The molecule has 0 N–H and O–H groups in total. The summed E-state index contributed by atoms with van der Waals surface area (Å²) in [6, 6.07) is 6.00. The summed E-state index contributed by atoms with van der Waals surface area (Å²) in [4.78, 5) is 0. The highest BCUT2D eigenvalue weighted by Gasteiger charge is 2.05. The molecule has 0 saturated heterocycles. The van der Waals surface area contributed by atoms with Gasteiger partial charge < -0.3 is 9.30 Å². The van der Waals surface area contributed by atoms with Gasteiger partial charge in [-0.05, 0) is 18.2 Å². The zero-order valence-electron chi connectivity index (χ0n) is 8.34. The van der Waals surface area contributed by atoms with E-state index in [1.54, 1.807) is 7.11 Å². The molecule has 0 radical (unpaired) electrons. The van der Waals surface area contributed by atoms with Crippen molar-refractivity contribution in [2.75, 3.05) is 13.7 Å². The van der Waals surface area contributed by atoms with E-state index in [0.717, 1.165) is 26.9 Å². The molecule has 1 heterocycles. The summed E-state index contributed by atoms with van der Waals surface area (Å²) in [5.74, 6) is 0. The maximum atomic E-state index is 6.14. The summed E-state index contributed by atoms with van der Waals surface area (Å²) in [6.45, 7) is 1.54. The molecule has 0 aliphatic rings. The summed E-state index contributed by atoms with van der Waals surface area (Å²) in [6.07, 6.45) is 2.03. The number of halogens is 2. The van der Waals surface area contributed by atoms with Crippen molar-refractivity contribution < 1.29 is 4.74 Å². The first kappa shape index (κ1) is 11.0. The smallest absolute Gasteiger partial charge is 0.0641 e. The molecule has 0 fully saturated rings. The molecule has 2 aromatic rings. The standard InChI is InChI=1S/C11H11BrClNO/c1-15-5-4-14-3-2-9-10(13)6-8(12)7-11(9)14/h2-3,6-7H,4-5H2,1H3. The Kier molecular flexibility index (Phi) is 3.34. The quantitative estimate of drug-likeness (QED) is 0.840. The van der Waals surface area contributed by atoms with Crippen LogP contribution in [0.1, 0.15) is 0 Å². The number of hydrogen-bond acceptors (Lipinski definition) is 1. The molecule has 0 aliphatic carbocycles. The molecule has 4 heteroatoms. The highest BCUT2D eigenvalue weighted by atomic mass is 79.9. The first-order valence-electron chi connectivity index (χ1n) is 4.65. The second-order valence-electron chi connectivity index (χ2n) is 3.32. The van der Waals surface area contributed by atoms with Crippen LogP contribution >= 0.6 is 27.5 Å². The topological polar surface area (TPSA) is 14.2 Å². The normalized spacial score (nSPS) is 11.1. The second kappa shape index (κ2) is 4.56. The van der Waals surface area contributed by atoms with Crippen LogP contribution in [0.5, 0.6) is 0 Å². The van der Waals surface area contributed by atoms with Gasteiger partial charge in [-0.3, -0.25) is 0 Å². The lowest BCUT2D eigenvalue weighted by Crippen LogP contribution is -2.02. The first-order valence-corrected chi connectivity index (χ1v) is 5.82. The molecule has 0 saturated carbocycles. The second-order valence-corrected chi connectivity index (χ2v) is 4.65. The molecule has 0 spiro atoms. The summed E-state index contributed by atoms with van der Waals surface area (Å²) in [5.41, 5.74) is 1.13. The first-order chi connectivity index (χ1) is 7.22. The van der Waals surface area contributed by atoms with E-state index in [2.05, 4.69) is 26.6 Å². The SMILES string of the molecule is COCCn1ccc2c(Cl)cc(Br)cc21. The van der Waals surface area contributed by atoms with Crippen LogP contribution in [0.25, 0.3) is 10.9 Å². The average molecular weight is 289 g/mol. The maximum absolute atomic E-state index is 6.14. The molecule has 1 aromatic heterocycles.